The molecule has 8 heteroatoms. The molecule has 2 aliphatic heterocycles. The molecule has 0 unspecified atom stereocenters. The summed E-state index contributed by atoms with van der Waals surface area (Å²) >= 11 is 0. The third kappa shape index (κ3) is 5.02. The van der Waals surface area contributed by atoms with Gasteiger partial charge in [0.15, 0.2) is 0 Å². The SMILES string of the molecule is Cc1ccc(CNS(=O)(=O)c2ccc3c(c2)CCN3C(=O)CCC(=O)N2CCCC2)cc1. The van der Waals surface area contributed by atoms with Crippen molar-refractivity contribution in [1.29, 1.82) is 0 Å². The zero-order valence-electron chi connectivity index (χ0n) is 18.3. The highest BCUT2D eigenvalue weighted by Gasteiger charge is 2.27. The predicted molar refractivity (Wildman–Crippen MR) is 123 cm³/mol. The molecule has 0 aromatic heterocycles. The highest BCUT2D eigenvalue weighted by atomic mass is 32.2. The normalized spacial score (nSPS) is 15.8. The van der Waals surface area contributed by atoms with Gasteiger partial charge in [-0.15, -0.1) is 0 Å². The number of aryl methyl sites for hydroxylation is 1. The molecule has 0 saturated carbocycles. The van der Waals surface area contributed by atoms with Crippen LogP contribution in [0.3, 0.4) is 0 Å². The molecule has 0 bridgehead atoms. The monoisotopic (exact) mass is 455 g/mol. The number of fused-ring (bicyclic) bond motifs is 1. The molecule has 2 amide bonds. The summed E-state index contributed by atoms with van der Waals surface area (Å²) in [5.41, 5.74) is 3.58. The van der Waals surface area contributed by atoms with Gasteiger partial charge < -0.3 is 9.80 Å². The smallest absolute Gasteiger partial charge is 0.240 e. The second-order valence-corrected chi connectivity index (χ2v) is 10.3. The largest absolute Gasteiger partial charge is 0.343 e. The number of amides is 2. The molecule has 7 nitrogen and oxygen atoms in total. The molecule has 170 valence electrons. The van der Waals surface area contributed by atoms with E-state index >= 15 is 0 Å². The highest BCUT2D eigenvalue weighted by molar-refractivity contribution is 7.89. The van der Waals surface area contributed by atoms with Crippen molar-refractivity contribution in [3.05, 3.63) is 59.2 Å². The van der Waals surface area contributed by atoms with Crippen molar-refractivity contribution in [1.82, 2.24) is 9.62 Å². The molecule has 2 aliphatic rings. The number of hydrogen-bond donors (Lipinski definition) is 1. The lowest BCUT2D eigenvalue weighted by molar-refractivity contribution is -0.132. The maximum atomic E-state index is 12.8. The van der Waals surface area contributed by atoms with Crippen LogP contribution in [0.4, 0.5) is 5.69 Å². The van der Waals surface area contributed by atoms with Crippen molar-refractivity contribution in [2.24, 2.45) is 0 Å². The molecular formula is C24H29N3O4S. The lowest BCUT2D eigenvalue weighted by Gasteiger charge is -2.19. The number of hydrogen-bond acceptors (Lipinski definition) is 4. The maximum absolute atomic E-state index is 12.8. The summed E-state index contributed by atoms with van der Waals surface area (Å²) in [6.45, 7) is 4.28. The van der Waals surface area contributed by atoms with Gasteiger partial charge in [-0.3, -0.25) is 9.59 Å². The van der Waals surface area contributed by atoms with Crippen LogP contribution in [0, 0.1) is 6.92 Å². The van der Waals surface area contributed by atoms with Gasteiger partial charge in [-0.05, 0) is 55.5 Å². The average molecular weight is 456 g/mol. The Kier molecular flexibility index (Phi) is 6.62. The zero-order valence-corrected chi connectivity index (χ0v) is 19.2. The Balaban J connectivity index is 1.38. The first kappa shape index (κ1) is 22.5. The first-order valence-corrected chi connectivity index (χ1v) is 12.6. The van der Waals surface area contributed by atoms with E-state index < -0.39 is 10.0 Å². The van der Waals surface area contributed by atoms with Crippen LogP contribution in [0.2, 0.25) is 0 Å². The fourth-order valence-electron chi connectivity index (χ4n) is 4.25. The van der Waals surface area contributed by atoms with Crippen LogP contribution in [-0.2, 0) is 32.6 Å². The molecule has 2 aromatic carbocycles. The Morgan fingerprint density at radius 1 is 0.938 bits per heavy atom. The summed E-state index contributed by atoms with van der Waals surface area (Å²) < 4.78 is 28.2. The average Bonchev–Trinajstić information content (AvgIpc) is 3.46. The summed E-state index contributed by atoms with van der Waals surface area (Å²) in [5.74, 6) is -0.0548. The van der Waals surface area contributed by atoms with E-state index in [2.05, 4.69) is 4.72 Å². The van der Waals surface area contributed by atoms with E-state index in [9.17, 15) is 18.0 Å². The zero-order chi connectivity index (χ0) is 22.7. The second-order valence-electron chi connectivity index (χ2n) is 8.48. The summed E-state index contributed by atoms with van der Waals surface area (Å²) in [4.78, 5) is 28.6. The molecule has 2 aromatic rings. The van der Waals surface area contributed by atoms with E-state index in [-0.39, 0.29) is 36.1 Å². The topological polar surface area (TPSA) is 86.8 Å². The van der Waals surface area contributed by atoms with Gasteiger partial charge in [0.05, 0.1) is 4.90 Å². The number of nitrogens with one attached hydrogen (secondary N) is 1. The van der Waals surface area contributed by atoms with Crippen molar-refractivity contribution in [3.8, 4) is 0 Å². The second kappa shape index (κ2) is 9.42. The molecule has 0 aliphatic carbocycles. The Morgan fingerprint density at radius 3 is 2.34 bits per heavy atom. The van der Waals surface area contributed by atoms with Gasteiger partial charge in [-0.25, -0.2) is 13.1 Å². The molecule has 0 radical (unpaired) electrons. The Morgan fingerprint density at radius 2 is 1.62 bits per heavy atom. The van der Waals surface area contributed by atoms with Gasteiger partial charge in [0.1, 0.15) is 0 Å². The van der Waals surface area contributed by atoms with Crippen LogP contribution in [0.15, 0.2) is 47.4 Å². The van der Waals surface area contributed by atoms with E-state index in [1.165, 1.54) is 6.07 Å². The molecule has 1 saturated heterocycles. The minimum atomic E-state index is -3.66. The van der Waals surface area contributed by atoms with Gasteiger partial charge in [0.2, 0.25) is 21.8 Å². The lowest BCUT2D eigenvalue weighted by atomic mass is 10.2. The molecule has 1 N–H and O–H groups in total. The van der Waals surface area contributed by atoms with Crippen LogP contribution in [-0.4, -0.2) is 44.8 Å². The molecule has 0 atom stereocenters. The van der Waals surface area contributed by atoms with Crippen LogP contribution < -0.4 is 9.62 Å². The van der Waals surface area contributed by atoms with Crippen molar-refractivity contribution >= 4 is 27.5 Å². The van der Waals surface area contributed by atoms with E-state index in [1.807, 2.05) is 36.1 Å². The number of benzene rings is 2. The number of carbonyl (C=O) groups is 2. The van der Waals surface area contributed by atoms with E-state index in [0.717, 1.165) is 48.3 Å². The predicted octanol–water partition coefficient (Wildman–Crippen LogP) is 2.77. The van der Waals surface area contributed by atoms with Crippen molar-refractivity contribution in [2.45, 2.75) is 50.5 Å². The molecular weight excluding hydrogens is 426 g/mol. The van der Waals surface area contributed by atoms with E-state index in [0.29, 0.717) is 13.0 Å². The third-order valence-electron chi connectivity index (χ3n) is 6.16. The summed E-state index contributed by atoms with van der Waals surface area (Å²) in [5, 5.41) is 0. The van der Waals surface area contributed by atoms with Gasteiger partial charge >= 0.3 is 0 Å². The number of sulfonamides is 1. The first-order valence-electron chi connectivity index (χ1n) is 11.1. The minimum Gasteiger partial charge on any atom is -0.343 e. The minimum absolute atomic E-state index is 0.0383. The Labute approximate surface area is 189 Å². The fraction of sp³-hybridized carbons (Fsp3) is 0.417. The van der Waals surface area contributed by atoms with Gasteiger partial charge in [-0.1, -0.05) is 29.8 Å². The van der Waals surface area contributed by atoms with Gasteiger partial charge in [0.25, 0.3) is 0 Å². The number of likely N-dealkylation sites (tertiary alicyclic amines) is 1. The molecule has 32 heavy (non-hydrogen) atoms. The molecule has 4 rings (SSSR count). The quantitative estimate of drug-likeness (QED) is 0.696. The molecule has 2 heterocycles. The number of nitrogens with zero attached hydrogens (tertiary/aromatic N) is 2. The van der Waals surface area contributed by atoms with Gasteiger partial charge in [-0.2, -0.15) is 0 Å². The third-order valence-corrected chi connectivity index (χ3v) is 7.56. The van der Waals surface area contributed by atoms with Crippen molar-refractivity contribution < 1.29 is 18.0 Å². The van der Waals surface area contributed by atoms with Crippen LogP contribution >= 0.6 is 0 Å². The number of carbonyl (C=O) groups excluding carboxylic acids is 2. The summed E-state index contributed by atoms with van der Waals surface area (Å²) in [6.07, 6.45) is 3.06. The van der Waals surface area contributed by atoms with Crippen LogP contribution in [0.1, 0.15) is 42.4 Å². The standard InChI is InChI=1S/C24H29N3O4S/c1-18-4-6-19(7-5-18)17-25-32(30,31)21-8-9-22-20(16-21)12-15-27(22)24(29)11-10-23(28)26-13-2-3-14-26/h4-9,16,25H,2-3,10-15,17H2,1H3. The van der Waals surface area contributed by atoms with Crippen LogP contribution in [0.25, 0.3) is 0 Å². The summed E-state index contributed by atoms with van der Waals surface area (Å²) in [7, 11) is -3.66. The maximum Gasteiger partial charge on any atom is 0.240 e. The Hall–Kier alpha value is -2.71. The fourth-order valence-corrected chi connectivity index (χ4v) is 5.31. The summed E-state index contributed by atoms with van der Waals surface area (Å²) in [6, 6.07) is 12.6. The number of anilines is 1. The molecule has 0 spiro atoms. The van der Waals surface area contributed by atoms with E-state index in [1.54, 1.807) is 17.0 Å². The Bertz CT molecular complexity index is 1110. The first-order chi connectivity index (χ1) is 15.3. The molecule has 1 fully saturated rings. The van der Waals surface area contributed by atoms with Crippen LogP contribution in [0.5, 0.6) is 0 Å². The van der Waals surface area contributed by atoms with Crippen molar-refractivity contribution in [3.63, 3.8) is 0 Å². The van der Waals surface area contributed by atoms with Crippen molar-refractivity contribution in [2.75, 3.05) is 24.5 Å². The highest BCUT2D eigenvalue weighted by Crippen LogP contribution is 2.31. The van der Waals surface area contributed by atoms with Gasteiger partial charge in [0, 0.05) is 44.7 Å². The van der Waals surface area contributed by atoms with E-state index in [4.69, 9.17) is 0 Å². The lowest BCUT2D eigenvalue weighted by Crippen LogP contribution is -2.32. The number of rotatable bonds is 7.